The van der Waals surface area contributed by atoms with E-state index in [1.165, 1.54) is 31.3 Å². The fourth-order valence-electron chi connectivity index (χ4n) is 2.60. The van der Waals surface area contributed by atoms with E-state index in [0.717, 1.165) is 0 Å². The quantitative estimate of drug-likeness (QED) is 0.837. The van der Waals surface area contributed by atoms with Gasteiger partial charge in [0.25, 0.3) is 5.91 Å². The van der Waals surface area contributed by atoms with E-state index in [1.54, 1.807) is 6.07 Å². The first-order valence-corrected chi connectivity index (χ1v) is 7.89. The average molecular weight is 380 g/mol. The number of anilines is 1. The zero-order chi connectivity index (χ0) is 20.0. The number of fused-ring (bicyclic) bond motifs is 2. The van der Waals surface area contributed by atoms with Crippen molar-refractivity contribution in [3.05, 3.63) is 52.8 Å². The maximum Gasteiger partial charge on any atom is 0.426 e. The highest BCUT2D eigenvalue weighted by Gasteiger charge is 2.56. The van der Waals surface area contributed by atoms with Gasteiger partial charge in [0, 0.05) is 11.8 Å². The third-order valence-electron chi connectivity index (χ3n) is 4.33. The van der Waals surface area contributed by atoms with Gasteiger partial charge in [0.05, 0.1) is 16.9 Å². The Morgan fingerprint density at radius 2 is 2.00 bits per heavy atom. The Hall–Kier alpha value is -2.94. The van der Waals surface area contributed by atoms with Gasteiger partial charge < -0.3 is 15.2 Å². The molecule has 2 heterocycles. The number of benzene rings is 1. The third-order valence-corrected chi connectivity index (χ3v) is 4.33. The first-order chi connectivity index (χ1) is 12.5. The third kappa shape index (κ3) is 3.14. The van der Waals surface area contributed by atoms with Crippen molar-refractivity contribution in [1.82, 2.24) is 4.98 Å². The molecule has 1 atom stereocenters. The number of ether oxygens (including phenoxy) is 1. The van der Waals surface area contributed by atoms with Crippen molar-refractivity contribution in [2.24, 2.45) is 0 Å². The van der Waals surface area contributed by atoms with Gasteiger partial charge in [0.2, 0.25) is 11.4 Å². The molecular weight excluding hydrogens is 365 g/mol. The normalized spacial score (nSPS) is 15.7. The Kier molecular flexibility index (Phi) is 4.43. The zero-order valence-corrected chi connectivity index (χ0v) is 14.3. The molecule has 142 valence electrons. The van der Waals surface area contributed by atoms with Gasteiger partial charge in [-0.2, -0.15) is 13.2 Å². The van der Waals surface area contributed by atoms with Crippen LogP contribution in [0.5, 0.6) is 5.75 Å². The van der Waals surface area contributed by atoms with Crippen LogP contribution < -0.4 is 10.1 Å². The highest BCUT2D eigenvalue weighted by atomic mass is 19.4. The van der Waals surface area contributed by atoms with Crippen LogP contribution in [0.1, 0.15) is 34.1 Å². The fourth-order valence-corrected chi connectivity index (χ4v) is 2.60. The Labute approximate surface area is 152 Å². The van der Waals surface area contributed by atoms with Gasteiger partial charge in [-0.05, 0) is 37.6 Å². The zero-order valence-electron chi connectivity index (χ0n) is 14.3. The van der Waals surface area contributed by atoms with Gasteiger partial charge in [-0.3, -0.25) is 14.6 Å². The van der Waals surface area contributed by atoms with Gasteiger partial charge in [-0.1, -0.05) is 6.07 Å². The van der Waals surface area contributed by atoms with Gasteiger partial charge in [0.1, 0.15) is 12.4 Å². The largest absolute Gasteiger partial charge is 0.486 e. The number of carbonyl (C=O) groups excluding carboxylic acids is 2. The minimum Gasteiger partial charge on any atom is -0.486 e. The number of nitrogens with one attached hydrogen (secondary N) is 1. The van der Waals surface area contributed by atoms with Crippen LogP contribution in [0, 0.1) is 6.92 Å². The molecule has 27 heavy (non-hydrogen) atoms. The van der Waals surface area contributed by atoms with Crippen molar-refractivity contribution < 1.29 is 32.6 Å². The molecule has 0 saturated heterocycles. The SMILES string of the molecule is Cc1ccc2c(c1NC(=O)C(C)(O)C(F)(F)F)C(=O)c1cccnc1CO2. The molecular formula is C18H15F3N2O4. The monoisotopic (exact) mass is 380 g/mol. The minimum atomic E-state index is -5.19. The van der Waals surface area contributed by atoms with Gasteiger partial charge >= 0.3 is 6.18 Å². The fraction of sp³-hybridized carbons (Fsp3) is 0.278. The number of aliphatic hydroxyl groups is 1. The van der Waals surface area contributed by atoms with Crippen LogP contribution in [0.4, 0.5) is 18.9 Å². The van der Waals surface area contributed by atoms with Crippen molar-refractivity contribution in [3.63, 3.8) is 0 Å². The van der Waals surface area contributed by atoms with Crippen LogP contribution in [0.25, 0.3) is 0 Å². The van der Waals surface area contributed by atoms with Crippen molar-refractivity contribution in [2.75, 3.05) is 5.32 Å². The summed E-state index contributed by atoms with van der Waals surface area (Å²) in [5, 5.41) is 11.6. The first kappa shape index (κ1) is 18.8. The summed E-state index contributed by atoms with van der Waals surface area (Å²) >= 11 is 0. The first-order valence-electron chi connectivity index (χ1n) is 7.89. The molecule has 0 saturated carbocycles. The van der Waals surface area contributed by atoms with E-state index in [2.05, 4.69) is 4.98 Å². The molecule has 1 aliphatic heterocycles. The smallest absolute Gasteiger partial charge is 0.426 e. The van der Waals surface area contributed by atoms with E-state index >= 15 is 0 Å². The maximum absolute atomic E-state index is 13.0. The number of ketones is 1. The molecule has 2 aromatic rings. The highest BCUT2D eigenvalue weighted by Crippen LogP contribution is 2.37. The van der Waals surface area contributed by atoms with Crippen LogP contribution in [-0.2, 0) is 11.4 Å². The Bertz CT molecular complexity index is 939. The second kappa shape index (κ2) is 6.34. The highest BCUT2D eigenvalue weighted by molar-refractivity contribution is 6.17. The van der Waals surface area contributed by atoms with E-state index < -0.39 is 23.5 Å². The van der Waals surface area contributed by atoms with Crippen molar-refractivity contribution >= 4 is 17.4 Å². The summed E-state index contributed by atoms with van der Waals surface area (Å²) in [6.07, 6.45) is -3.70. The van der Waals surface area contributed by atoms with E-state index in [0.29, 0.717) is 18.2 Å². The molecule has 2 N–H and O–H groups in total. The maximum atomic E-state index is 13.0. The van der Waals surface area contributed by atoms with Crippen molar-refractivity contribution in [2.45, 2.75) is 32.2 Å². The molecule has 0 radical (unpaired) electrons. The summed E-state index contributed by atoms with van der Waals surface area (Å²) in [5.41, 5.74) is -2.94. The summed E-state index contributed by atoms with van der Waals surface area (Å²) in [5.74, 6) is -2.14. The lowest BCUT2D eigenvalue weighted by Gasteiger charge is -2.26. The summed E-state index contributed by atoms with van der Waals surface area (Å²) in [7, 11) is 0. The summed E-state index contributed by atoms with van der Waals surface area (Å²) in [4.78, 5) is 29.2. The number of aromatic nitrogens is 1. The van der Waals surface area contributed by atoms with Crippen LogP contribution in [-0.4, -0.2) is 33.6 Å². The number of aryl methyl sites for hydroxylation is 1. The molecule has 3 rings (SSSR count). The van der Waals surface area contributed by atoms with Crippen LogP contribution >= 0.6 is 0 Å². The van der Waals surface area contributed by atoms with E-state index in [-0.39, 0.29) is 29.2 Å². The molecule has 9 heteroatoms. The molecule has 1 aromatic heterocycles. The van der Waals surface area contributed by atoms with Crippen LogP contribution in [0.3, 0.4) is 0 Å². The predicted molar refractivity (Wildman–Crippen MR) is 88.5 cm³/mol. The Balaban J connectivity index is 2.10. The van der Waals surface area contributed by atoms with Crippen LogP contribution in [0.15, 0.2) is 30.5 Å². The second-order valence-electron chi connectivity index (χ2n) is 6.27. The molecule has 0 aliphatic carbocycles. The molecule has 1 aromatic carbocycles. The molecule has 6 nitrogen and oxygen atoms in total. The number of nitrogens with zero attached hydrogens (tertiary/aromatic N) is 1. The van der Waals surface area contributed by atoms with Crippen LogP contribution in [0.2, 0.25) is 0 Å². The Morgan fingerprint density at radius 3 is 2.67 bits per heavy atom. The minimum absolute atomic E-state index is 0.00831. The molecule has 0 bridgehead atoms. The lowest BCUT2D eigenvalue weighted by atomic mass is 9.97. The number of rotatable bonds is 2. The van der Waals surface area contributed by atoms with Gasteiger partial charge in [-0.15, -0.1) is 0 Å². The number of alkyl halides is 3. The lowest BCUT2D eigenvalue weighted by Crippen LogP contribution is -2.52. The molecule has 0 fully saturated rings. The Morgan fingerprint density at radius 1 is 1.30 bits per heavy atom. The van der Waals surface area contributed by atoms with E-state index in [1.807, 2.05) is 5.32 Å². The number of carbonyl (C=O) groups is 2. The summed E-state index contributed by atoms with van der Waals surface area (Å²) in [6.45, 7) is 1.85. The number of hydrogen-bond donors (Lipinski definition) is 2. The van der Waals surface area contributed by atoms with Gasteiger partial charge in [-0.25, -0.2) is 0 Å². The standard InChI is InChI=1S/C18H15F3N2O4/c1-9-5-6-12-13(14(9)23-16(25)17(2,26)18(19,20)21)15(24)10-4-3-7-22-11(10)8-27-12/h3-7,26H,8H2,1-2H3,(H,23,25). The topological polar surface area (TPSA) is 88.5 Å². The number of halogens is 3. The average Bonchev–Trinajstić information content (AvgIpc) is 2.74. The predicted octanol–water partition coefficient (Wildman–Crippen LogP) is 2.77. The van der Waals surface area contributed by atoms with Gasteiger partial charge in [0.15, 0.2) is 0 Å². The van der Waals surface area contributed by atoms with E-state index in [9.17, 15) is 27.9 Å². The molecule has 1 unspecified atom stereocenters. The molecule has 1 amide bonds. The number of hydrogen-bond acceptors (Lipinski definition) is 5. The van der Waals surface area contributed by atoms with Crippen molar-refractivity contribution in [3.8, 4) is 5.75 Å². The summed E-state index contributed by atoms with van der Waals surface area (Å²) < 4.78 is 44.4. The lowest BCUT2D eigenvalue weighted by molar-refractivity contribution is -0.242. The number of pyridine rings is 1. The molecule has 0 spiro atoms. The molecule has 1 aliphatic rings. The van der Waals surface area contributed by atoms with Crippen molar-refractivity contribution in [1.29, 1.82) is 0 Å². The van der Waals surface area contributed by atoms with E-state index in [4.69, 9.17) is 4.74 Å². The number of amides is 1. The summed E-state index contributed by atoms with van der Waals surface area (Å²) in [6, 6.07) is 6.05. The second-order valence-corrected chi connectivity index (χ2v) is 6.27.